The van der Waals surface area contributed by atoms with E-state index in [1.807, 2.05) is 0 Å². The molecule has 0 aromatic heterocycles. The van der Waals surface area contributed by atoms with Crippen molar-refractivity contribution in [2.75, 3.05) is 19.6 Å². The third kappa shape index (κ3) is 6.37. The number of nitrogens with one attached hydrogen (secondary N) is 1. The molecule has 122 valence electrons. The summed E-state index contributed by atoms with van der Waals surface area (Å²) in [6, 6.07) is 0.427. The highest BCUT2D eigenvalue weighted by atomic mass is 16.1. The van der Waals surface area contributed by atoms with Crippen LogP contribution < -0.4 is 5.32 Å². The van der Waals surface area contributed by atoms with Crippen molar-refractivity contribution in [1.82, 2.24) is 10.2 Å². The number of piperidine rings is 1. The van der Waals surface area contributed by atoms with Crippen molar-refractivity contribution in [3.63, 3.8) is 0 Å². The van der Waals surface area contributed by atoms with Gasteiger partial charge in [-0.2, -0.15) is 0 Å². The van der Waals surface area contributed by atoms with Crippen LogP contribution in [0, 0.1) is 11.8 Å². The summed E-state index contributed by atoms with van der Waals surface area (Å²) in [5, 5.41) is 3.29. The Kier molecular flexibility index (Phi) is 7.01. The summed E-state index contributed by atoms with van der Waals surface area (Å²) in [5.41, 5.74) is 0. The summed E-state index contributed by atoms with van der Waals surface area (Å²) >= 11 is 0. The lowest BCUT2D eigenvalue weighted by molar-refractivity contribution is -0.123. The lowest BCUT2D eigenvalue weighted by Gasteiger charge is -2.33. The van der Waals surface area contributed by atoms with Gasteiger partial charge >= 0.3 is 0 Å². The van der Waals surface area contributed by atoms with Gasteiger partial charge in [0.15, 0.2) is 0 Å². The van der Waals surface area contributed by atoms with E-state index in [1.165, 1.54) is 45.1 Å². The summed E-state index contributed by atoms with van der Waals surface area (Å²) in [6.07, 6.45) is 10.9. The molecule has 0 aromatic carbocycles. The van der Waals surface area contributed by atoms with E-state index in [4.69, 9.17) is 0 Å². The molecule has 0 bridgehead atoms. The molecule has 1 aliphatic heterocycles. The summed E-state index contributed by atoms with van der Waals surface area (Å²) in [7, 11) is 0. The highest BCUT2D eigenvalue weighted by Gasteiger charge is 2.22. The van der Waals surface area contributed by atoms with Crippen LogP contribution in [0.1, 0.15) is 71.6 Å². The molecule has 3 heteroatoms. The van der Waals surface area contributed by atoms with Crippen molar-refractivity contribution in [3.05, 3.63) is 0 Å². The second-order valence-corrected chi connectivity index (χ2v) is 7.57. The minimum atomic E-state index is 0.308. The van der Waals surface area contributed by atoms with Crippen LogP contribution in [0.2, 0.25) is 0 Å². The van der Waals surface area contributed by atoms with Gasteiger partial charge < -0.3 is 10.2 Å². The van der Waals surface area contributed by atoms with Crippen LogP contribution in [0.4, 0.5) is 0 Å². The number of hydrogen-bond acceptors (Lipinski definition) is 2. The van der Waals surface area contributed by atoms with Gasteiger partial charge in [-0.15, -0.1) is 0 Å². The Bertz CT molecular complexity index is 302. The Balaban J connectivity index is 1.60. The average molecular weight is 294 g/mol. The number of nitrogens with zero attached hydrogens (tertiary/aromatic N) is 1. The second-order valence-electron chi connectivity index (χ2n) is 7.57. The van der Waals surface area contributed by atoms with Crippen LogP contribution in [0.3, 0.4) is 0 Å². The molecule has 0 spiro atoms. The zero-order chi connectivity index (χ0) is 15.1. The maximum absolute atomic E-state index is 12.2. The van der Waals surface area contributed by atoms with Gasteiger partial charge in [-0.1, -0.05) is 33.1 Å². The van der Waals surface area contributed by atoms with E-state index >= 15 is 0 Å². The van der Waals surface area contributed by atoms with Gasteiger partial charge in [-0.3, -0.25) is 4.79 Å². The first kappa shape index (κ1) is 16.8. The van der Waals surface area contributed by atoms with Gasteiger partial charge in [0.25, 0.3) is 0 Å². The van der Waals surface area contributed by atoms with Crippen LogP contribution in [-0.4, -0.2) is 36.5 Å². The molecule has 0 unspecified atom stereocenters. The SMILES string of the molecule is CC(C)CCN1CCC(NC(=O)CC2CCCCC2)CC1. The number of carbonyl (C=O) groups is 1. The van der Waals surface area contributed by atoms with Crippen LogP contribution in [0.25, 0.3) is 0 Å². The molecule has 2 fully saturated rings. The minimum Gasteiger partial charge on any atom is -0.353 e. The maximum atomic E-state index is 12.2. The lowest BCUT2D eigenvalue weighted by Crippen LogP contribution is -2.45. The van der Waals surface area contributed by atoms with E-state index in [1.54, 1.807) is 0 Å². The zero-order valence-electron chi connectivity index (χ0n) is 14.1. The molecule has 2 aliphatic rings. The van der Waals surface area contributed by atoms with E-state index in [0.717, 1.165) is 38.3 Å². The molecule has 1 N–H and O–H groups in total. The summed E-state index contributed by atoms with van der Waals surface area (Å²) in [5.74, 6) is 1.75. The van der Waals surface area contributed by atoms with Crippen molar-refractivity contribution >= 4 is 5.91 Å². The smallest absolute Gasteiger partial charge is 0.220 e. The first-order valence-corrected chi connectivity index (χ1v) is 9.15. The monoisotopic (exact) mass is 294 g/mol. The number of amides is 1. The third-order valence-corrected chi connectivity index (χ3v) is 5.17. The van der Waals surface area contributed by atoms with Gasteiger partial charge in [-0.05, 0) is 50.5 Å². The van der Waals surface area contributed by atoms with Gasteiger partial charge in [0.05, 0.1) is 0 Å². The molecule has 3 nitrogen and oxygen atoms in total. The highest BCUT2D eigenvalue weighted by molar-refractivity contribution is 5.76. The zero-order valence-corrected chi connectivity index (χ0v) is 14.1. The lowest BCUT2D eigenvalue weighted by atomic mass is 9.86. The van der Waals surface area contributed by atoms with Gasteiger partial charge in [-0.25, -0.2) is 0 Å². The standard InChI is InChI=1S/C18H34N2O/c1-15(2)8-11-20-12-9-17(10-13-20)19-18(21)14-16-6-4-3-5-7-16/h15-17H,3-14H2,1-2H3,(H,19,21). The van der Waals surface area contributed by atoms with Gasteiger partial charge in [0.1, 0.15) is 0 Å². The molecule has 0 atom stereocenters. The van der Waals surface area contributed by atoms with E-state index in [9.17, 15) is 4.79 Å². The third-order valence-electron chi connectivity index (χ3n) is 5.17. The molecule has 1 saturated heterocycles. The van der Waals surface area contributed by atoms with E-state index < -0.39 is 0 Å². The predicted octanol–water partition coefficient (Wildman–Crippen LogP) is 3.58. The highest BCUT2D eigenvalue weighted by Crippen LogP contribution is 2.26. The first-order valence-electron chi connectivity index (χ1n) is 9.15. The predicted molar refractivity (Wildman–Crippen MR) is 88.3 cm³/mol. The summed E-state index contributed by atoms with van der Waals surface area (Å²) < 4.78 is 0. The maximum Gasteiger partial charge on any atom is 0.220 e. The molecule has 1 saturated carbocycles. The van der Waals surface area contributed by atoms with E-state index in [0.29, 0.717) is 17.9 Å². The number of likely N-dealkylation sites (tertiary alicyclic amines) is 1. The average Bonchev–Trinajstić information content (AvgIpc) is 2.47. The Labute approximate surface area is 130 Å². The topological polar surface area (TPSA) is 32.3 Å². The molecular formula is C18H34N2O. The number of rotatable bonds is 6. The molecule has 1 heterocycles. The van der Waals surface area contributed by atoms with Crippen LogP contribution >= 0.6 is 0 Å². The van der Waals surface area contributed by atoms with Crippen molar-refractivity contribution in [2.24, 2.45) is 11.8 Å². The van der Waals surface area contributed by atoms with Crippen molar-refractivity contribution < 1.29 is 4.79 Å². The molecule has 0 aromatic rings. The van der Waals surface area contributed by atoms with Crippen LogP contribution in [0.15, 0.2) is 0 Å². The van der Waals surface area contributed by atoms with Gasteiger partial charge in [0.2, 0.25) is 5.91 Å². The molecule has 1 aliphatic carbocycles. The summed E-state index contributed by atoms with van der Waals surface area (Å²) in [4.78, 5) is 14.7. The summed E-state index contributed by atoms with van der Waals surface area (Å²) in [6.45, 7) is 8.11. The largest absolute Gasteiger partial charge is 0.353 e. The van der Waals surface area contributed by atoms with Crippen molar-refractivity contribution in [2.45, 2.75) is 77.7 Å². The van der Waals surface area contributed by atoms with Crippen LogP contribution in [0.5, 0.6) is 0 Å². The van der Waals surface area contributed by atoms with Crippen molar-refractivity contribution in [1.29, 1.82) is 0 Å². The van der Waals surface area contributed by atoms with E-state index in [-0.39, 0.29) is 0 Å². The Morgan fingerprint density at radius 3 is 2.38 bits per heavy atom. The molecule has 2 rings (SSSR count). The molecule has 1 amide bonds. The fourth-order valence-electron chi connectivity index (χ4n) is 3.68. The molecule has 0 radical (unpaired) electrons. The Morgan fingerprint density at radius 1 is 1.10 bits per heavy atom. The Morgan fingerprint density at radius 2 is 1.76 bits per heavy atom. The molecular weight excluding hydrogens is 260 g/mol. The molecule has 21 heavy (non-hydrogen) atoms. The van der Waals surface area contributed by atoms with E-state index in [2.05, 4.69) is 24.1 Å². The normalized spacial score (nSPS) is 22.6. The number of carbonyl (C=O) groups excluding carboxylic acids is 1. The first-order chi connectivity index (χ1) is 10.1. The fourth-order valence-corrected chi connectivity index (χ4v) is 3.68. The van der Waals surface area contributed by atoms with Crippen LogP contribution in [-0.2, 0) is 4.79 Å². The Hall–Kier alpha value is -0.570. The van der Waals surface area contributed by atoms with Crippen molar-refractivity contribution in [3.8, 4) is 0 Å². The fraction of sp³-hybridized carbons (Fsp3) is 0.944. The quantitative estimate of drug-likeness (QED) is 0.812. The van der Waals surface area contributed by atoms with Gasteiger partial charge in [0, 0.05) is 25.6 Å². The number of hydrogen-bond donors (Lipinski definition) is 1. The minimum absolute atomic E-state index is 0.308. The second kappa shape index (κ2) is 8.77.